The molecule has 0 aliphatic rings. The van der Waals surface area contributed by atoms with E-state index in [4.69, 9.17) is 28.1 Å². The first-order chi connectivity index (χ1) is 33.2. The summed E-state index contributed by atoms with van der Waals surface area (Å²) in [5, 5.41) is 6.64. The molecule has 13 rings (SSSR count). The van der Waals surface area contributed by atoms with Crippen molar-refractivity contribution < 1.29 is 0 Å². The van der Waals surface area contributed by atoms with E-state index >= 15 is 0 Å². The van der Waals surface area contributed by atoms with Gasteiger partial charge in [0.2, 0.25) is 0 Å². The number of benzene rings is 9. The molecular weight excluding hydrogens is 821 g/mol. The maximum Gasteiger partial charge on any atom is 0.189 e. The van der Waals surface area contributed by atoms with Crippen molar-refractivity contribution in [2.45, 2.75) is 0 Å². The summed E-state index contributed by atoms with van der Waals surface area (Å²) in [6.07, 6.45) is 0. The van der Waals surface area contributed by atoms with Crippen molar-refractivity contribution in [3.63, 3.8) is 0 Å². The van der Waals surface area contributed by atoms with Crippen molar-refractivity contribution in [1.82, 2.24) is 28.7 Å². The Bertz CT molecular complexity index is 4150. The molecule has 67 heavy (non-hydrogen) atoms. The lowest BCUT2D eigenvalue weighted by molar-refractivity contribution is 1.07. The fraction of sp³-hybridized carbons (Fsp3) is 0. The average Bonchev–Trinajstić information content (AvgIpc) is 4.05. The van der Waals surface area contributed by atoms with E-state index in [0.29, 0.717) is 28.8 Å². The minimum atomic E-state index is 0.572. The quantitative estimate of drug-likeness (QED) is 0.157. The number of hydrogen-bond acceptors (Lipinski definition) is 3. The highest BCUT2D eigenvalue weighted by atomic mass is 15.1. The normalized spacial score (nSPS) is 11.6. The number of hydrogen-bond donors (Lipinski definition) is 0. The van der Waals surface area contributed by atoms with Gasteiger partial charge in [0.05, 0.1) is 46.2 Å². The zero-order chi connectivity index (χ0) is 44.6. The summed E-state index contributed by atoms with van der Waals surface area (Å²) in [6, 6.07) is 70.4. The second kappa shape index (κ2) is 15.0. The molecule has 9 aromatic carbocycles. The number of para-hydroxylation sites is 3. The van der Waals surface area contributed by atoms with Crippen LogP contribution in [0.3, 0.4) is 0 Å². The first-order valence-electron chi connectivity index (χ1n) is 22.0. The minimum absolute atomic E-state index is 0.572. The molecule has 0 radical (unpaired) electrons. The molecule has 8 heteroatoms. The molecule has 0 aliphatic heterocycles. The van der Waals surface area contributed by atoms with Gasteiger partial charge in [0.15, 0.2) is 28.8 Å². The van der Waals surface area contributed by atoms with E-state index in [1.165, 1.54) is 0 Å². The molecule has 0 bridgehead atoms. The van der Waals surface area contributed by atoms with Gasteiger partial charge in [-0.15, -0.1) is 0 Å². The fourth-order valence-corrected chi connectivity index (χ4v) is 10.0. The highest BCUT2D eigenvalue weighted by Crippen LogP contribution is 2.50. The molecule has 0 N–H and O–H groups in total. The van der Waals surface area contributed by atoms with Crippen LogP contribution in [0.1, 0.15) is 0 Å². The Kier molecular flexibility index (Phi) is 8.48. The Morgan fingerprint density at radius 2 is 0.687 bits per heavy atom. The summed E-state index contributed by atoms with van der Waals surface area (Å²) >= 11 is 0. The van der Waals surface area contributed by atoms with Gasteiger partial charge in [-0.3, -0.25) is 0 Å². The van der Waals surface area contributed by atoms with E-state index < -0.39 is 0 Å². The second-order valence-electron chi connectivity index (χ2n) is 16.6. The molecule has 0 amide bonds. The lowest BCUT2D eigenvalue weighted by Gasteiger charge is -2.14. The van der Waals surface area contributed by atoms with E-state index in [-0.39, 0.29) is 0 Å². The van der Waals surface area contributed by atoms with Crippen LogP contribution in [0, 0.1) is 13.1 Å². The molecule has 0 spiro atoms. The van der Waals surface area contributed by atoms with Crippen molar-refractivity contribution in [2.75, 3.05) is 0 Å². The molecule has 0 fully saturated rings. The van der Waals surface area contributed by atoms with Gasteiger partial charge < -0.3 is 13.7 Å². The number of aromatic nitrogens is 6. The van der Waals surface area contributed by atoms with Crippen LogP contribution in [-0.4, -0.2) is 28.7 Å². The van der Waals surface area contributed by atoms with Crippen LogP contribution in [0.15, 0.2) is 206 Å². The lowest BCUT2D eigenvalue weighted by atomic mass is 10.0. The Morgan fingerprint density at radius 1 is 0.313 bits per heavy atom. The van der Waals surface area contributed by atoms with E-state index in [2.05, 4.69) is 139 Å². The molecule has 0 aliphatic carbocycles. The van der Waals surface area contributed by atoms with Crippen molar-refractivity contribution >= 4 is 76.8 Å². The average molecular weight is 855 g/mol. The summed E-state index contributed by atoms with van der Waals surface area (Å²) in [5.74, 6) is 1.81. The van der Waals surface area contributed by atoms with Gasteiger partial charge in [0.25, 0.3) is 0 Å². The van der Waals surface area contributed by atoms with E-state index in [1.807, 2.05) is 91.0 Å². The van der Waals surface area contributed by atoms with E-state index in [1.54, 1.807) is 0 Å². The molecule has 4 aromatic heterocycles. The molecule has 0 unspecified atom stereocenters. The largest absolute Gasteiger partial charge is 0.310 e. The molecule has 310 valence electrons. The number of nitrogens with zero attached hydrogens (tertiary/aromatic N) is 8. The fourth-order valence-electron chi connectivity index (χ4n) is 10.0. The summed E-state index contributed by atoms with van der Waals surface area (Å²) < 4.78 is 7.12. The molecule has 4 heterocycles. The Balaban J connectivity index is 1.16. The molecular formula is C59H34N8. The molecule has 0 atom stereocenters. The third-order valence-electron chi connectivity index (χ3n) is 12.9. The predicted octanol–water partition coefficient (Wildman–Crippen LogP) is 15.3. The third kappa shape index (κ3) is 5.81. The lowest BCUT2D eigenvalue weighted by Crippen LogP contribution is -2.00. The van der Waals surface area contributed by atoms with Crippen LogP contribution in [0.25, 0.3) is 126 Å². The van der Waals surface area contributed by atoms with Crippen LogP contribution in [-0.2, 0) is 0 Å². The van der Waals surface area contributed by atoms with Crippen LogP contribution in [0.5, 0.6) is 0 Å². The Hall–Kier alpha value is -9.63. The highest BCUT2D eigenvalue weighted by Gasteiger charge is 2.29. The highest BCUT2D eigenvalue weighted by molar-refractivity contribution is 6.40. The van der Waals surface area contributed by atoms with Crippen molar-refractivity contribution in [3.8, 4) is 51.2 Å². The van der Waals surface area contributed by atoms with E-state index in [0.717, 1.165) is 99.2 Å². The van der Waals surface area contributed by atoms with Gasteiger partial charge >= 0.3 is 0 Å². The van der Waals surface area contributed by atoms with Crippen LogP contribution in [0.2, 0.25) is 0 Å². The Labute approximate surface area is 384 Å². The van der Waals surface area contributed by atoms with Crippen molar-refractivity contribution in [3.05, 3.63) is 229 Å². The Morgan fingerprint density at radius 3 is 1.12 bits per heavy atom. The van der Waals surface area contributed by atoms with Gasteiger partial charge in [-0.25, -0.2) is 24.6 Å². The van der Waals surface area contributed by atoms with Gasteiger partial charge in [0.1, 0.15) is 0 Å². The zero-order valence-corrected chi connectivity index (χ0v) is 35.7. The van der Waals surface area contributed by atoms with Gasteiger partial charge in [0, 0.05) is 66.1 Å². The third-order valence-corrected chi connectivity index (χ3v) is 12.9. The number of fused-ring (bicyclic) bond motifs is 12. The smallest absolute Gasteiger partial charge is 0.189 e. The molecule has 0 saturated heterocycles. The van der Waals surface area contributed by atoms with Crippen molar-refractivity contribution in [1.29, 1.82) is 0 Å². The second-order valence-corrected chi connectivity index (χ2v) is 16.6. The van der Waals surface area contributed by atoms with Crippen molar-refractivity contribution in [2.24, 2.45) is 0 Å². The first kappa shape index (κ1) is 37.9. The predicted molar refractivity (Wildman–Crippen MR) is 272 cm³/mol. The van der Waals surface area contributed by atoms with Gasteiger partial charge in [-0.2, -0.15) is 0 Å². The zero-order valence-electron chi connectivity index (χ0n) is 35.7. The van der Waals surface area contributed by atoms with Crippen LogP contribution in [0.4, 0.5) is 11.4 Å². The standard InChI is InChI=1S/C59H34N8/c1-60-40-30-34-43(35-31-40)66-49-26-13-9-22-45(49)51-54-52(56-53(55(51)66)47-24-11-14-27-50(47)67(56)44-21-15-20-41(36-44)61-2)46-23-10-12-25-48(46)65(54)42-32-28-39(29-33-42)59-63-57(37-16-5-3-6-17-37)62-58(64-59)38-18-7-4-8-19-38/h3-36H. The molecule has 0 saturated carbocycles. The van der Waals surface area contributed by atoms with Gasteiger partial charge in [-0.05, 0) is 66.7 Å². The number of rotatable bonds is 6. The summed E-state index contributed by atoms with van der Waals surface area (Å²) in [5.41, 5.74) is 13.0. The summed E-state index contributed by atoms with van der Waals surface area (Å²) in [7, 11) is 0. The summed E-state index contributed by atoms with van der Waals surface area (Å²) in [4.78, 5) is 22.6. The maximum atomic E-state index is 8.00. The minimum Gasteiger partial charge on any atom is -0.310 e. The molecule has 13 aromatic rings. The van der Waals surface area contributed by atoms with Gasteiger partial charge in [-0.1, -0.05) is 140 Å². The van der Waals surface area contributed by atoms with Crippen LogP contribution < -0.4 is 0 Å². The van der Waals surface area contributed by atoms with E-state index in [9.17, 15) is 0 Å². The summed E-state index contributed by atoms with van der Waals surface area (Å²) in [6.45, 7) is 15.7. The van der Waals surface area contributed by atoms with Crippen LogP contribution >= 0.6 is 0 Å². The topological polar surface area (TPSA) is 62.2 Å². The SMILES string of the molecule is [C-]#[N+]c1ccc(-n2c3ccccc3c3c2c2c4ccccc4n(-c4cccc([N+]#[C-])c4)c2c2c4ccccc4n(-c4ccc(-c5nc(-c6ccccc6)nc(-c6ccccc6)n5)cc4)c32)cc1. The monoisotopic (exact) mass is 854 g/mol. The molecule has 8 nitrogen and oxygen atoms in total. The maximum absolute atomic E-state index is 8.00. The first-order valence-corrected chi connectivity index (χ1v) is 22.0.